The molecule has 2 aromatic rings. The Morgan fingerprint density at radius 2 is 1.58 bits per heavy atom. The maximum atomic E-state index is 12.9. The maximum absolute atomic E-state index is 12.9. The van der Waals surface area contributed by atoms with Crippen molar-refractivity contribution in [2.24, 2.45) is 5.41 Å². The van der Waals surface area contributed by atoms with Crippen LogP contribution in [0.3, 0.4) is 0 Å². The van der Waals surface area contributed by atoms with Crippen molar-refractivity contribution < 1.29 is 8.42 Å². The van der Waals surface area contributed by atoms with E-state index in [1.165, 1.54) is 24.3 Å². The van der Waals surface area contributed by atoms with Crippen molar-refractivity contribution in [2.75, 3.05) is 0 Å². The minimum Gasteiger partial charge on any atom is -0.223 e. The lowest BCUT2D eigenvalue weighted by Crippen LogP contribution is -2.14. The average Bonchev–Trinajstić information content (AvgIpc) is 3.26. The molecule has 3 rings (SSSR count). The zero-order chi connectivity index (χ0) is 17.5. The summed E-state index contributed by atoms with van der Waals surface area (Å²) in [4.78, 5) is 0.0382. The lowest BCUT2D eigenvalue weighted by Gasteiger charge is -2.04. The van der Waals surface area contributed by atoms with Crippen LogP contribution >= 0.6 is 23.2 Å². The molecule has 1 aliphatic carbocycles. The molecule has 0 radical (unpaired) electrons. The van der Waals surface area contributed by atoms with Crippen molar-refractivity contribution in [3.63, 3.8) is 0 Å². The average molecular weight is 377 g/mol. The van der Waals surface area contributed by atoms with Crippen LogP contribution in [0.15, 0.2) is 53.4 Å². The van der Waals surface area contributed by atoms with Gasteiger partial charge < -0.3 is 0 Å². The first-order chi connectivity index (χ1) is 11.4. The van der Waals surface area contributed by atoms with Gasteiger partial charge in [0.2, 0.25) is 0 Å². The molecular formula is C17H10Cl2N2O2S. The van der Waals surface area contributed by atoms with E-state index < -0.39 is 26.4 Å². The van der Waals surface area contributed by atoms with E-state index in [-0.39, 0.29) is 4.90 Å². The van der Waals surface area contributed by atoms with Crippen LogP contribution in [0.2, 0.25) is 10.0 Å². The smallest absolute Gasteiger partial charge is 0.184 e. The van der Waals surface area contributed by atoms with Crippen LogP contribution in [0.25, 0.3) is 0 Å². The number of sulfone groups is 1. The molecule has 4 nitrogen and oxygen atoms in total. The van der Waals surface area contributed by atoms with E-state index in [0.717, 1.165) is 0 Å². The van der Waals surface area contributed by atoms with E-state index in [2.05, 4.69) is 0 Å². The quantitative estimate of drug-likeness (QED) is 0.811. The highest BCUT2D eigenvalue weighted by Gasteiger charge is 2.73. The van der Waals surface area contributed by atoms with Gasteiger partial charge in [0.1, 0.15) is 5.25 Å². The molecule has 0 unspecified atom stereocenters. The molecule has 7 heteroatoms. The van der Waals surface area contributed by atoms with Gasteiger partial charge in [0, 0.05) is 16.0 Å². The minimum absolute atomic E-state index is 0.0382. The van der Waals surface area contributed by atoms with E-state index >= 15 is 0 Å². The molecule has 0 amide bonds. The Balaban J connectivity index is 2.11. The summed E-state index contributed by atoms with van der Waals surface area (Å²) in [6.07, 6.45) is 0. The molecule has 0 N–H and O–H groups in total. The third-order valence-electron chi connectivity index (χ3n) is 4.19. The fourth-order valence-corrected chi connectivity index (χ4v) is 5.51. The molecule has 24 heavy (non-hydrogen) atoms. The van der Waals surface area contributed by atoms with E-state index in [1.807, 2.05) is 12.1 Å². The number of hydrogen-bond acceptors (Lipinski definition) is 4. The molecule has 0 aliphatic heterocycles. The van der Waals surface area contributed by atoms with Gasteiger partial charge >= 0.3 is 0 Å². The van der Waals surface area contributed by atoms with Gasteiger partial charge in [-0.25, -0.2) is 8.42 Å². The number of hydrogen-bond donors (Lipinski definition) is 0. The Morgan fingerprint density at radius 3 is 2.12 bits per heavy atom. The standard InChI is InChI=1S/C17H10Cl2N2O2S/c18-12-4-6-14(7-5-12)24(22,23)16-15(17(16,9-20)10-21)11-2-1-3-13(19)8-11/h1-8,15-16H/t15-,16+/m0/s1. The highest BCUT2D eigenvalue weighted by molar-refractivity contribution is 7.92. The molecule has 0 saturated heterocycles. The summed E-state index contributed by atoms with van der Waals surface area (Å²) in [5, 5.41) is 18.7. The summed E-state index contributed by atoms with van der Waals surface area (Å²) in [6.45, 7) is 0. The summed E-state index contributed by atoms with van der Waals surface area (Å²) < 4.78 is 25.9. The Morgan fingerprint density at radius 1 is 0.958 bits per heavy atom. The third kappa shape index (κ3) is 2.46. The first-order valence-electron chi connectivity index (χ1n) is 6.94. The lowest BCUT2D eigenvalue weighted by atomic mass is 10.0. The molecule has 1 saturated carbocycles. The molecule has 2 aromatic carbocycles. The van der Waals surface area contributed by atoms with Crippen molar-refractivity contribution in [3.05, 3.63) is 64.1 Å². The fraction of sp³-hybridized carbons (Fsp3) is 0.176. The van der Waals surface area contributed by atoms with Crippen LogP contribution < -0.4 is 0 Å². The third-order valence-corrected chi connectivity index (χ3v) is 6.92. The van der Waals surface area contributed by atoms with Gasteiger partial charge in [-0.15, -0.1) is 0 Å². The first-order valence-corrected chi connectivity index (χ1v) is 9.24. The van der Waals surface area contributed by atoms with E-state index in [9.17, 15) is 18.9 Å². The molecule has 0 bridgehead atoms. The predicted octanol–water partition coefficient (Wildman–Crippen LogP) is 3.97. The highest BCUT2D eigenvalue weighted by atomic mass is 35.5. The van der Waals surface area contributed by atoms with Gasteiger partial charge in [0.25, 0.3) is 0 Å². The minimum atomic E-state index is -3.87. The topological polar surface area (TPSA) is 81.7 Å². The second-order valence-corrected chi connectivity index (χ2v) is 8.49. The number of rotatable bonds is 3. The second-order valence-electron chi connectivity index (χ2n) is 5.54. The molecule has 0 heterocycles. The highest BCUT2D eigenvalue weighted by Crippen LogP contribution is 2.63. The number of nitriles is 2. The van der Waals surface area contributed by atoms with E-state index in [4.69, 9.17) is 23.2 Å². The summed E-state index contributed by atoms with van der Waals surface area (Å²) in [6, 6.07) is 16.1. The lowest BCUT2D eigenvalue weighted by molar-refractivity contribution is 0.591. The van der Waals surface area contributed by atoms with Crippen LogP contribution in [0.4, 0.5) is 0 Å². The van der Waals surface area contributed by atoms with E-state index in [1.54, 1.807) is 24.3 Å². The Bertz CT molecular complexity index is 974. The normalized spacial score (nSPS) is 21.5. The summed E-state index contributed by atoms with van der Waals surface area (Å²) >= 11 is 11.8. The monoisotopic (exact) mass is 376 g/mol. The summed E-state index contributed by atoms with van der Waals surface area (Å²) in [7, 11) is -3.87. The van der Waals surface area contributed by atoms with Crippen LogP contribution in [-0.4, -0.2) is 13.7 Å². The molecule has 0 aromatic heterocycles. The van der Waals surface area contributed by atoms with Crippen LogP contribution in [0.5, 0.6) is 0 Å². The molecule has 1 aliphatic rings. The fourth-order valence-electron chi connectivity index (χ4n) is 2.98. The number of benzene rings is 2. The van der Waals surface area contributed by atoms with Gasteiger partial charge in [-0.05, 0) is 42.0 Å². The Kier molecular flexibility index (Phi) is 4.05. The van der Waals surface area contributed by atoms with E-state index in [0.29, 0.717) is 15.6 Å². The SMILES string of the molecule is N#CC1(C#N)[C@H](S(=O)(=O)c2ccc(Cl)cc2)[C@@H]1c1cccc(Cl)c1. The van der Waals surface area contributed by atoms with Crippen molar-refractivity contribution in [1.82, 2.24) is 0 Å². The van der Waals surface area contributed by atoms with Crippen molar-refractivity contribution in [3.8, 4) is 12.1 Å². The van der Waals surface area contributed by atoms with Crippen molar-refractivity contribution >= 4 is 33.0 Å². The Labute approximate surface area is 149 Å². The van der Waals surface area contributed by atoms with Gasteiger partial charge in [-0.3, -0.25) is 0 Å². The first kappa shape index (κ1) is 16.8. The summed E-state index contributed by atoms with van der Waals surface area (Å²) in [5.74, 6) is -0.744. The molecule has 0 spiro atoms. The molecule has 120 valence electrons. The van der Waals surface area contributed by atoms with Crippen LogP contribution in [0.1, 0.15) is 11.5 Å². The predicted molar refractivity (Wildman–Crippen MR) is 90.3 cm³/mol. The molecule has 2 atom stereocenters. The van der Waals surface area contributed by atoms with Crippen molar-refractivity contribution in [1.29, 1.82) is 10.5 Å². The van der Waals surface area contributed by atoms with Gasteiger partial charge in [-0.1, -0.05) is 35.3 Å². The zero-order valence-corrected chi connectivity index (χ0v) is 14.5. The maximum Gasteiger partial charge on any atom is 0.184 e. The Hall–Kier alpha value is -2.05. The number of nitrogens with zero attached hydrogens (tertiary/aromatic N) is 2. The largest absolute Gasteiger partial charge is 0.223 e. The molecular weight excluding hydrogens is 367 g/mol. The van der Waals surface area contributed by atoms with Crippen LogP contribution in [0, 0.1) is 28.1 Å². The van der Waals surface area contributed by atoms with Crippen molar-refractivity contribution in [2.45, 2.75) is 16.1 Å². The summed E-state index contributed by atoms with van der Waals surface area (Å²) in [5.41, 5.74) is -1.06. The number of halogens is 2. The van der Waals surface area contributed by atoms with Crippen LogP contribution in [-0.2, 0) is 9.84 Å². The van der Waals surface area contributed by atoms with Gasteiger partial charge in [-0.2, -0.15) is 10.5 Å². The van der Waals surface area contributed by atoms with Gasteiger partial charge in [0.05, 0.1) is 17.0 Å². The molecule has 1 fully saturated rings. The second kappa shape index (κ2) is 5.79. The zero-order valence-electron chi connectivity index (χ0n) is 12.1. The van der Waals surface area contributed by atoms with Gasteiger partial charge in [0.15, 0.2) is 15.3 Å².